The second-order valence-corrected chi connectivity index (χ2v) is 8.19. The van der Waals surface area contributed by atoms with Gasteiger partial charge in [-0.1, -0.05) is 47.5 Å². The fourth-order valence-electron chi connectivity index (χ4n) is 4.94. The van der Waals surface area contributed by atoms with E-state index in [1.54, 1.807) is 0 Å². The van der Waals surface area contributed by atoms with Gasteiger partial charge in [0.25, 0.3) is 0 Å². The highest BCUT2D eigenvalue weighted by atomic mass is 32.1. The number of hydrogen-bond donors (Lipinski definition) is 1. The Bertz CT molecular complexity index is 1080. The quantitative estimate of drug-likeness (QED) is 0.347. The van der Waals surface area contributed by atoms with Gasteiger partial charge in [-0.05, 0) is 64.7 Å². The second-order valence-electron chi connectivity index (χ2n) is 7.28. The number of fused-ring (bicyclic) bond motifs is 10. The number of H-pyrrole nitrogens is 1. The Balaban J connectivity index is 1.87. The molecule has 2 aliphatic rings. The molecule has 2 aromatic carbocycles. The monoisotopic (exact) mass is 339 g/mol. The number of benzene rings is 2. The van der Waals surface area contributed by atoms with Crippen molar-refractivity contribution in [3.63, 3.8) is 0 Å². The number of aromatic amines is 1. The zero-order chi connectivity index (χ0) is 16.8. The van der Waals surface area contributed by atoms with Crippen LogP contribution >= 0.6 is 11.3 Å². The van der Waals surface area contributed by atoms with Crippen LogP contribution in [0.1, 0.15) is 33.4 Å². The Labute approximate surface area is 151 Å². The molecule has 1 spiro atoms. The lowest BCUT2D eigenvalue weighted by Gasteiger charge is -2.29. The normalized spacial score (nSPS) is 15.1. The average molecular weight is 339 g/mol. The number of aryl methyl sites for hydroxylation is 2. The largest absolute Gasteiger partial charge is 0.360 e. The summed E-state index contributed by atoms with van der Waals surface area (Å²) in [5.74, 6) is 0. The van der Waals surface area contributed by atoms with Gasteiger partial charge in [0, 0.05) is 6.20 Å². The fraction of sp³-hybridized carbons (Fsp3) is 0.130. The maximum atomic E-state index is 3.51. The van der Waals surface area contributed by atoms with E-state index in [9.17, 15) is 0 Å². The van der Waals surface area contributed by atoms with Crippen molar-refractivity contribution < 1.29 is 0 Å². The summed E-state index contributed by atoms with van der Waals surface area (Å²) >= 11 is 1.85. The van der Waals surface area contributed by atoms with Crippen LogP contribution in [0.5, 0.6) is 0 Å². The number of thiophene rings is 1. The van der Waals surface area contributed by atoms with Crippen molar-refractivity contribution >= 4 is 11.3 Å². The summed E-state index contributed by atoms with van der Waals surface area (Å²) in [6.07, 6.45) is 2.10. The smallest absolute Gasteiger partial charge is 0.0749 e. The maximum Gasteiger partial charge on any atom is 0.0749 e. The van der Waals surface area contributed by atoms with Crippen molar-refractivity contribution in [2.45, 2.75) is 19.3 Å². The Morgan fingerprint density at radius 2 is 1.44 bits per heavy atom. The van der Waals surface area contributed by atoms with E-state index in [0.29, 0.717) is 0 Å². The van der Waals surface area contributed by atoms with E-state index in [4.69, 9.17) is 0 Å². The van der Waals surface area contributed by atoms with Crippen LogP contribution in [-0.4, -0.2) is 4.98 Å². The highest BCUT2D eigenvalue weighted by Gasteiger charge is 2.52. The van der Waals surface area contributed by atoms with Crippen molar-refractivity contribution in [3.05, 3.63) is 93.5 Å². The molecule has 25 heavy (non-hydrogen) atoms. The molecule has 0 atom stereocenters. The van der Waals surface area contributed by atoms with Gasteiger partial charge in [0.05, 0.1) is 16.0 Å². The van der Waals surface area contributed by atoms with E-state index in [-0.39, 0.29) is 5.41 Å². The van der Waals surface area contributed by atoms with E-state index < -0.39 is 0 Å². The molecule has 4 aromatic rings. The topological polar surface area (TPSA) is 15.8 Å². The Morgan fingerprint density at radius 3 is 2.12 bits per heavy atom. The van der Waals surface area contributed by atoms with Crippen LogP contribution in [0.3, 0.4) is 0 Å². The molecule has 1 N–H and O–H groups in total. The molecule has 2 aromatic heterocycles. The first-order valence-electron chi connectivity index (χ1n) is 8.70. The zero-order valence-electron chi connectivity index (χ0n) is 14.2. The van der Waals surface area contributed by atoms with Crippen LogP contribution in [0.4, 0.5) is 0 Å². The molecule has 1 nitrogen and oxygen atoms in total. The van der Waals surface area contributed by atoms with Gasteiger partial charge in [-0.25, -0.2) is 0 Å². The lowest BCUT2D eigenvalue weighted by molar-refractivity contribution is 0.795. The molecule has 0 saturated heterocycles. The highest BCUT2D eigenvalue weighted by molar-refractivity contribution is 7.13. The summed E-state index contributed by atoms with van der Waals surface area (Å²) < 4.78 is 0. The second kappa shape index (κ2) is 4.33. The molecule has 0 amide bonds. The summed E-state index contributed by atoms with van der Waals surface area (Å²) in [5, 5.41) is 2.24. The van der Waals surface area contributed by atoms with E-state index in [0.717, 1.165) is 0 Å². The van der Waals surface area contributed by atoms with E-state index in [1.165, 1.54) is 55.1 Å². The van der Waals surface area contributed by atoms with Crippen LogP contribution in [-0.2, 0) is 5.41 Å². The van der Waals surface area contributed by atoms with Crippen LogP contribution < -0.4 is 0 Å². The fourth-order valence-corrected chi connectivity index (χ4v) is 5.92. The summed E-state index contributed by atoms with van der Waals surface area (Å²) in [6.45, 7) is 4.40. The molecule has 0 fully saturated rings. The SMILES string of the molecule is Cc1ccc2c(c1)C1(c3cc(C)ccc3-2)c2cc[nH]c2-c2sccc21. The number of aromatic nitrogens is 1. The lowest BCUT2D eigenvalue weighted by Crippen LogP contribution is -2.25. The van der Waals surface area contributed by atoms with Gasteiger partial charge in [0.15, 0.2) is 0 Å². The first kappa shape index (κ1) is 13.7. The molecule has 0 radical (unpaired) electrons. The Morgan fingerprint density at radius 1 is 0.760 bits per heavy atom. The third-order valence-electron chi connectivity index (χ3n) is 5.90. The molecule has 6 rings (SSSR count). The van der Waals surface area contributed by atoms with E-state index in [2.05, 4.69) is 78.9 Å². The highest BCUT2D eigenvalue weighted by Crippen LogP contribution is 2.63. The van der Waals surface area contributed by atoms with Gasteiger partial charge in [-0.15, -0.1) is 11.3 Å². The molecule has 2 aliphatic carbocycles. The van der Waals surface area contributed by atoms with Crippen molar-refractivity contribution in [1.29, 1.82) is 0 Å². The minimum Gasteiger partial charge on any atom is -0.360 e. The van der Waals surface area contributed by atoms with Crippen molar-refractivity contribution in [2.75, 3.05) is 0 Å². The summed E-state index contributed by atoms with van der Waals surface area (Å²) in [7, 11) is 0. The van der Waals surface area contributed by atoms with Gasteiger partial charge >= 0.3 is 0 Å². The molecular formula is C23H17NS. The third kappa shape index (κ3) is 1.42. The van der Waals surface area contributed by atoms with E-state index in [1.807, 2.05) is 11.3 Å². The van der Waals surface area contributed by atoms with Crippen LogP contribution in [0.25, 0.3) is 21.7 Å². The first-order chi connectivity index (χ1) is 12.2. The van der Waals surface area contributed by atoms with Gasteiger partial charge in [-0.2, -0.15) is 0 Å². The molecular weight excluding hydrogens is 322 g/mol. The predicted octanol–water partition coefficient (Wildman–Crippen LogP) is 6.04. The molecule has 2 heteroatoms. The van der Waals surface area contributed by atoms with Crippen molar-refractivity contribution in [3.8, 4) is 21.7 Å². The first-order valence-corrected chi connectivity index (χ1v) is 9.58. The summed E-state index contributed by atoms with van der Waals surface area (Å²) in [6, 6.07) is 18.5. The van der Waals surface area contributed by atoms with Gasteiger partial charge in [0.2, 0.25) is 0 Å². The molecule has 0 unspecified atom stereocenters. The predicted molar refractivity (Wildman–Crippen MR) is 104 cm³/mol. The van der Waals surface area contributed by atoms with Crippen LogP contribution in [0.15, 0.2) is 60.1 Å². The van der Waals surface area contributed by atoms with Crippen LogP contribution in [0, 0.1) is 13.8 Å². The zero-order valence-corrected chi connectivity index (χ0v) is 15.0. The Hall–Kier alpha value is -2.58. The number of rotatable bonds is 0. The minimum absolute atomic E-state index is 0.159. The minimum atomic E-state index is -0.159. The average Bonchev–Trinajstić information content (AvgIpc) is 3.32. The number of nitrogens with one attached hydrogen (secondary N) is 1. The summed E-state index contributed by atoms with van der Waals surface area (Å²) in [5.41, 5.74) is 12.3. The number of hydrogen-bond acceptors (Lipinski definition) is 1. The van der Waals surface area contributed by atoms with Gasteiger partial charge in [-0.3, -0.25) is 0 Å². The molecule has 0 aliphatic heterocycles. The van der Waals surface area contributed by atoms with Gasteiger partial charge in [0.1, 0.15) is 0 Å². The maximum absolute atomic E-state index is 3.51. The van der Waals surface area contributed by atoms with E-state index >= 15 is 0 Å². The lowest BCUT2D eigenvalue weighted by atomic mass is 9.71. The molecule has 0 bridgehead atoms. The molecule has 0 saturated carbocycles. The molecule has 120 valence electrons. The van der Waals surface area contributed by atoms with Crippen LogP contribution in [0.2, 0.25) is 0 Å². The third-order valence-corrected chi connectivity index (χ3v) is 6.83. The van der Waals surface area contributed by atoms with Crippen molar-refractivity contribution in [2.24, 2.45) is 0 Å². The summed E-state index contributed by atoms with van der Waals surface area (Å²) in [4.78, 5) is 4.90. The standard InChI is InChI=1S/C23H17NS/c1-13-3-5-15-16-6-4-14(2)12-20(16)23(19(15)11-13)17-7-9-24-21(17)22-18(23)8-10-25-22/h3-12,24H,1-2H3. The van der Waals surface area contributed by atoms with Crippen molar-refractivity contribution in [1.82, 2.24) is 4.98 Å². The van der Waals surface area contributed by atoms with Gasteiger partial charge < -0.3 is 4.98 Å². The Kier molecular flexibility index (Phi) is 2.37. The molecule has 2 heterocycles.